The number of hydrogen-bond donors (Lipinski definition) is 2. The normalized spacial score (nSPS) is 17.0. The second-order valence-corrected chi connectivity index (χ2v) is 8.37. The summed E-state index contributed by atoms with van der Waals surface area (Å²) in [6, 6.07) is 15.4. The summed E-state index contributed by atoms with van der Waals surface area (Å²) in [7, 11) is 2.85. The van der Waals surface area contributed by atoms with Crippen LogP contribution < -0.4 is 14.4 Å². The maximum atomic E-state index is 13.3. The Balaban J connectivity index is 1.96. The fourth-order valence-corrected chi connectivity index (χ4v) is 4.39. The highest BCUT2D eigenvalue weighted by atomic mass is 35.5. The molecule has 7 nitrogen and oxygen atoms in total. The van der Waals surface area contributed by atoms with Crippen LogP contribution in [0.2, 0.25) is 5.02 Å². The van der Waals surface area contributed by atoms with E-state index >= 15 is 0 Å². The Morgan fingerprint density at radius 2 is 1.60 bits per heavy atom. The van der Waals surface area contributed by atoms with E-state index < -0.39 is 23.5 Å². The summed E-state index contributed by atoms with van der Waals surface area (Å²) in [6.07, 6.45) is 0.818. The molecule has 1 aliphatic rings. The number of ketones is 1. The van der Waals surface area contributed by atoms with Crippen molar-refractivity contribution >= 4 is 34.7 Å². The van der Waals surface area contributed by atoms with Gasteiger partial charge >= 0.3 is 0 Å². The van der Waals surface area contributed by atoms with Crippen LogP contribution in [0.25, 0.3) is 5.76 Å². The number of phenolic OH excluding ortho intramolecular Hbond substituents is 1. The van der Waals surface area contributed by atoms with Crippen molar-refractivity contribution < 1.29 is 29.3 Å². The molecule has 0 saturated carbocycles. The number of benzene rings is 3. The summed E-state index contributed by atoms with van der Waals surface area (Å²) >= 11 is 6.29. The minimum atomic E-state index is -0.950. The van der Waals surface area contributed by atoms with Gasteiger partial charge in [-0.15, -0.1) is 0 Å². The predicted octanol–water partition coefficient (Wildman–Crippen LogP) is 5.25. The number of methoxy groups -OCH3 is 2. The van der Waals surface area contributed by atoms with Crippen molar-refractivity contribution in [2.45, 2.75) is 19.4 Å². The summed E-state index contributed by atoms with van der Waals surface area (Å²) in [4.78, 5) is 28.0. The minimum absolute atomic E-state index is 0.0293. The second-order valence-electron chi connectivity index (χ2n) is 7.97. The maximum Gasteiger partial charge on any atom is 0.300 e. The zero-order valence-electron chi connectivity index (χ0n) is 19.4. The van der Waals surface area contributed by atoms with Crippen molar-refractivity contribution in [1.29, 1.82) is 0 Å². The Bertz CT molecular complexity index is 1310. The molecular formula is C27H24ClNO6. The van der Waals surface area contributed by atoms with E-state index in [9.17, 15) is 19.8 Å². The van der Waals surface area contributed by atoms with Crippen LogP contribution in [-0.4, -0.2) is 36.1 Å². The number of aromatic hydroxyl groups is 1. The standard InChI is InChI=1S/C27H24ClNO6/c1-4-15-5-9-17(10-6-15)29-24(16-7-11-18(30)12-8-16)23(26(32)27(29)33)25(31)19-13-20(28)22(35-3)14-21(19)34-2/h5-14,24,30-31H,4H2,1-3H3/b25-23+. The molecule has 35 heavy (non-hydrogen) atoms. The third-order valence-electron chi connectivity index (χ3n) is 6.01. The summed E-state index contributed by atoms with van der Waals surface area (Å²) < 4.78 is 10.6. The summed E-state index contributed by atoms with van der Waals surface area (Å²) in [5.74, 6) is -1.50. The highest BCUT2D eigenvalue weighted by Gasteiger charge is 2.47. The lowest BCUT2D eigenvalue weighted by Gasteiger charge is -2.26. The van der Waals surface area contributed by atoms with Crippen LogP contribution in [0.4, 0.5) is 5.69 Å². The lowest BCUT2D eigenvalue weighted by molar-refractivity contribution is -0.132. The SMILES string of the molecule is CCc1ccc(N2C(=O)C(=O)/C(=C(/O)c3cc(Cl)c(OC)cc3OC)C2c2ccc(O)cc2)cc1. The van der Waals surface area contributed by atoms with Gasteiger partial charge in [-0.05, 0) is 47.9 Å². The van der Waals surface area contributed by atoms with E-state index in [1.54, 1.807) is 24.3 Å². The Kier molecular flexibility index (Phi) is 6.71. The van der Waals surface area contributed by atoms with Crippen LogP contribution in [0.3, 0.4) is 0 Å². The number of carbonyl (C=O) groups is 2. The molecule has 1 heterocycles. The van der Waals surface area contributed by atoms with Gasteiger partial charge in [0, 0.05) is 11.8 Å². The number of Topliss-reactive ketones (excluding diaryl/α,β-unsaturated/α-hetero) is 1. The molecule has 0 aromatic heterocycles. The number of halogens is 1. The molecule has 1 amide bonds. The smallest absolute Gasteiger partial charge is 0.300 e. The molecule has 1 fully saturated rings. The molecule has 0 spiro atoms. The average Bonchev–Trinajstić information content (AvgIpc) is 3.14. The van der Waals surface area contributed by atoms with E-state index in [1.165, 1.54) is 43.4 Å². The molecule has 1 saturated heterocycles. The van der Waals surface area contributed by atoms with Gasteiger partial charge in [0.25, 0.3) is 11.7 Å². The Labute approximate surface area is 207 Å². The molecule has 180 valence electrons. The third kappa shape index (κ3) is 4.31. The molecule has 0 aliphatic carbocycles. The van der Waals surface area contributed by atoms with Crippen molar-refractivity contribution in [3.05, 3.63) is 87.9 Å². The summed E-state index contributed by atoms with van der Waals surface area (Å²) in [5.41, 5.74) is 2.12. The fourth-order valence-electron chi connectivity index (χ4n) is 4.15. The van der Waals surface area contributed by atoms with Crippen LogP contribution in [0.15, 0.2) is 66.2 Å². The lowest BCUT2D eigenvalue weighted by Crippen LogP contribution is -2.29. The predicted molar refractivity (Wildman–Crippen MR) is 133 cm³/mol. The molecule has 8 heteroatoms. The highest BCUT2D eigenvalue weighted by Crippen LogP contribution is 2.45. The van der Waals surface area contributed by atoms with Gasteiger partial charge in [0.05, 0.1) is 36.4 Å². The third-order valence-corrected chi connectivity index (χ3v) is 6.30. The van der Waals surface area contributed by atoms with Crippen molar-refractivity contribution in [2.75, 3.05) is 19.1 Å². The minimum Gasteiger partial charge on any atom is -0.508 e. The number of hydrogen-bond acceptors (Lipinski definition) is 6. The highest BCUT2D eigenvalue weighted by molar-refractivity contribution is 6.51. The molecule has 1 aliphatic heterocycles. The van der Waals surface area contributed by atoms with Gasteiger partial charge in [0.15, 0.2) is 0 Å². The quantitative estimate of drug-likeness (QED) is 0.276. The van der Waals surface area contributed by atoms with Crippen LogP contribution >= 0.6 is 11.6 Å². The lowest BCUT2D eigenvalue weighted by atomic mass is 9.94. The number of rotatable bonds is 6. The molecule has 4 rings (SSSR count). The second kappa shape index (κ2) is 9.72. The zero-order chi connectivity index (χ0) is 25.3. The largest absolute Gasteiger partial charge is 0.508 e. The Hall–Kier alpha value is -3.97. The van der Waals surface area contributed by atoms with Crippen LogP contribution in [0.5, 0.6) is 17.2 Å². The first kappa shape index (κ1) is 24.2. The Morgan fingerprint density at radius 1 is 0.971 bits per heavy atom. The van der Waals surface area contributed by atoms with Crippen LogP contribution in [0.1, 0.15) is 29.7 Å². The van der Waals surface area contributed by atoms with E-state index in [-0.39, 0.29) is 27.7 Å². The first-order valence-electron chi connectivity index (χ1n) is 10.9. The molecule has 1 unspecified atom stereocenters. The van der Waals surface area contributed by atoms with Crippen molar-refractivity contribution in [1.82, 2.24) is 0 Å². The first-order valence-corrected chi connectivity index (χ1v) is 11.3. The Morgan fingerprint density at radius 3 is 2.17 bits per heavy atom. The number of nitrogens with zero attached hydrogens (tertiary/aromatic N) is 1. The molecular weight excluding hydrogens is 470 g/mol. The van der Waals surface area contributed by atoms with Crippen LogP contribution in [-0.2, 0) is 16.0 Å². The van der Waals surface area contributed by atoms with Gasteiger partial charge in [-0.2, -0.15) is 0 Å². The number of amides is 1. The van der Waals surface area contributed by atoms with Gasteiger partial charge in [-0.25, -0.2) is 0 Å². The van der Waals surface area contributed by atoms with Gasteiger partial charge in [-0.3, -0.25) is 14.5 Å². The van der Waals surface area contributed by atoms with Gasteiger partial charge in [-0.1, -0.05) is 42.8 Å². The molecule has 0 bridgehead atoms. The summed E-state index contributed by atoms with van der Waals surface area (Å²) in [6.45, 7) is 2.02. The number of aliphatic hydroxyl groups excluding tert-OH is 1. The number of ether oxygens (including phenoxy) is 2. The number of carbonyl (C=O) groups excluding carboxylic acids is 2. The van der Waals surface area contributed by atoms with Crippen molar-refractivity contribution in [3.63, 3.8) is 0 Å². The molecule has 3 aromatic rings. The zero-order valence-corrected chi connectivity index (χ0v) is 20.2. The van der Waals surface area contributed by atoms with E-state index in [1.807, 2.05) is 19.1 Å². The van der Waals surface area contributed by atoms with E-state index in [4.69, 9.17) is 21.1 Å². The average molecular weight is 494 g/mol. The topological polar surface area (TPSA) is 96.3 Å². The monoisotopic (exact) mass is 493 g/mol. The number of phenols is 1. The van der Waals surface area contributed by atoms with E-state index in [0.29, 0.717) is 17.0 Å². The number of aliphatic hydroxyl groups is 1. The van der Waals surface area contributed by atoms with Gasteiger partial charge in [0.1, 0.15) is 23.0 Å². The maximum absolute atomic E-state index is 13.3. The number of aryl methyl sites for hydroxylation is 1. The van der Waals surface area contributed by atoms with E-state index in [2.05, 4.69) is 0 Å². The molecule has 0 radical (unpaired) electrons. The van der Waals surface area contributed by atoms with E-state index in [0.717, 1.165) is 12.0 Å². The molecule has 3 aromatic carbocycles. The molecule has 1 atom stereocenters. The summed E-state index contributed by atoms with van der Waals surface area (Å²) in [5, 5.41) is 21.4. The van der Waals surface area contributed by atoms with Crippen molar-refractivity contribution in [2.24, 2.45) is 0 Å². The number of anilines is 1. The van der Waals surface area contributed by atoms with Gasteiger partial charge in [0.2, 0.25) is 0 Å². The van der Waals surface area contributed by atoms with Crippen LogP contribution in [0, 0.1) is 0 Å². The van der Waals surface area contributed by atoms with Crippen molar-refractivity contribution in [3.8, 4) is 17.2 Å². The fraction of sp³-hybridized carbons (Fsp3) is 0.185. The molecule has 2 N–H and O–H groups in total. The first-order chi connectivity index (χ1) is 16.8. The van der Waals surface area contributed by atoms with Gasteiger partial charge < -0.3 is 19.7 Å².